The number of nitrogens with two attached hydrogens (primary N) is 1. The first-order chi connectivity index (χ1) is 16.0. The predicted molar refractivity (Wildman–Crippen MR) is 136 cm³/mol. The van der Waals surface area contributed by atoms with Crippen LogP contribution in [0.1, 0.15) is 84.2 Å². The summed E-state index contributed by atoms with van der Waals surface area (Å²) < 4.78 is 4.21. The monoisotopic (exact) mass is 485 g/mol. The first-order valence-corrected chi connectivity index (χ1v) is 12.5. The lowest BCUT2D eigenvalue weighted by molar-refractivity contribution is -0.121. The molecule has 184 valence electrons. The SMILES string of the molecule is Cc1ccc(N(CC(=O)NC(C)(C)C)C(=O)c2snc(C(=O)NC3CCCCC3)c2N)c(C)c1. The molecule has 1 aliphatic carbocycles. The first-order valence-electron chi connectivity index (χ1n) is 11.7. The van der Waals surface area contributed by atoms with Crippen LogP contribution in [0.15, 0.2) is 18.2 Å². The topological polar surface area (TPSA) is 117 Å². The van der Waals surface area contributed by atoms with E-state index in [1.165, 1.54) is 11.3 Å². The molecule has 0 radical (unpaired) electrons. The molecule has 1 aliphatic rings. The molecule has 0 atom stereocenters. The molecule has 1 saturated carbocycles. The number of nitrogens with zero attached hydrogens (tertiary/aromatic N) is 2. The van der Waals surface area contributed by atoms with Gasteiger partial charge in [-0.25, -0.2) is 0 Å². The van der Waals surface area contributed by atoms with Crippen molar-refractivity contribution in [3.63, 3.8) is 0 Å². The number of anilines is 2. The predicted octanol–water partition coefficient (Wildman–Crippen LogP) is 3.97. The van der Waals surface area contributed by atoms with Gasteiger partial charge in [-0.2, -0.15) is 4.37 Å². The van der Waals surface area contributed by atoms with Gasteiger partial charge in [-0.15, -0.1) is 0 Å². The minimum Gasteiger partial charge on any atom is -0.395 e. The minimum absolute atomic E-state index is 0.0503. The second kappa shape index (κ2) is 10.5. The average Bonchev–Trinajstić information content (AvgIpc) is 3.13. The van der Waals surface area contributed by atoms with E-state index in [9.17, 15) is 14.4 Å². The van der Waals surface area contributed by atoms with Gasteiger partial charge >= 0.3 is 0 Å². The molecule has 2 aromatic rings. The maximum absolute atomic E-state index is 13.6. The Balaban J connectivity index is 1.88. The molecule has 4 N–H and O–H groups in total. The van der Waals surface area contributed by atoms with Gasteiger partial charge in [0.1, 0.15) is 11.4 Å². The first kappa shape index (κ1) is 25.7. The number of aryl methyl sites for hydroxylation is 2. The molecule has 34 heavy (non-hydrogen) atoms. The molecule has 0 spiro atoms. The molecule has 1 fully saturated rings. The lowest BCUT2D eigenvalue weighted by Crippen LogP contribution is -2.47. The van der Waals surface area contributed by atoms with E-state index in [-0.39, 0.29) is 40.7 Å². The van der Waals surface area contributed by atoms with Crippen LogP contribution in [-0.4, -0.2) is 40.2 Å². The van der Waals surface area contributed by atoms with Gasteiger partial charge < -0.3 is 16.4 Å². The summed E-state index contributed by atoms with van der Waals surface area (Å²) in [6.45, 7) is 9.32. The Kier molecular flexibility index (Phi) is 7.97. The van der Waals surface area contributed by atoms with Crippen molar-refractivity contribution >= 4 is 40.6 Å². The number of aromatic nitrogens is 1. The Bertz CT molecular complexity index is 1070. The van der Waals surface area contributed by atoms with Crippen LogP contribution in [0.5, 0.6) is 0 Å². The summed E-state index contributed by atoms with van der Waals surface area (Å²) in [6.07, 6.45) is 5.22. The molecule has 0 saturated heterocycles. The van der Waals surface area contributed by atoms with Gasteiger partial charge in [0.2, 0.25) is 5.91 Å². The van der Waals surface area contributed by atoms with E-state index in [4.69, 9.17) is 5.73 Å². The quantitative estimate of drug-likeness (QED) is 0.572. The zero-order valence-corrected chi connectivity index (χ0v) is 21.5. The van der Waals surface area contributed by atoms with E-state index in [2.05, 4.69) is 15.0 Å². The smallest absolute Gasteiger partial charge is 0.273 e. The van der Waals surface area contributed by atoms with Crippen molar-refractivity contribution in [1.82, 2.24) is 15.0 Å². The van der Waals surface area contributed by atoms with Gasteiger partial charge in [0.25, 0.3) is 11.8 Å². The van der Waals surface area contributed by atoms with Crippen LogP contribution < -0.4 is 21.3 Å². The van der Waals surface area contributed by atoms with Crippen molar-refractivity contribution in [1.29, 1.82) is 0 Å². The van der Waals surface area contributed by atoms with E-state index < -0.39 is 11.4 Å². The number of nitrogens with one attached hydrogen (secondary N) is 2. The third-order valence-electron chi connectivity index (χ3n) is 5.78. The van der Waals surface area contributed by atoms with Crippen LogP contribution in [0.3, 0.4) is 0 Å². The van der Waals surface area contributed by atoms with Crippen molar-refractivity contribution in [3.05, 3.63) is 39.9 Å². The second-order valence-corrected chi connectivity index (χ2v) is 10.8. The maximum atomic E-state index is 13.6. The fourth-order valence-corrected chi connectivity index (χ4v) is 4.96. The maximum Gasteiger partial charge on any atom is 0.273 e. The summed E-state index contributed by atoms with van der Waals surface area (Å²) in [6, 6.07) is 5.77. The van der Waals surface area contributed by atoms with Crippen molar-refractivity contribution in [2.75, 3.05) is 17.2 Å². The number of nitrogen functional groups attached to an aromatic ring is 1. The summed E-state index contributed by atoms with van der Waals surface area (Å²) in [7, 11) is 0. The fraction of sp³-hybridized carbons (Fsp3) is 0.520. The summed E-state index contributed by atoms with van der Waals surface area (Å²) >= 11 is 0.888. The Morgan fingerprint density at radius 1 is 1.15 bits per heavy atom. The van der Waals surface area contributed by atoms with E-state index in [1.54, 1.807) is 0 Å². The molecule has 3 amide bonds. The molecule has 1 aromatic heterocycles. The number of carbonyl (C=O) groups is 3. The van der Waals surface area contributed by atoms with Crippen LogP contribution >= 0.6 is 11.5 Å². The molecule has 3 rings (SSSR count). The Morgan fingerprint density at radius 3 is 2.44 bits per heavy atom. The number of hydrogen-bond acceptors (Lipinski definition) is 6. The highest BCUT2D eigenvalue weighted by Gasteiger charge is 2.30. The zero-order chi connectivity index (χ0) is 25.0. The van der Waals surface area contributed by atoms with Gasteiger partial charge in [0.15, 0.2) is 5.69 Å². The van der Waals surface area contributed by atoms with E-state index >= 15 is 0 Å². The molecule has 0 aliphatic heterocycles. The van der Waals surface area contributed by atoms with Crippen LogP contribution in [0.2, 0.25) is 0 Å². The molecule has 1 heterocycles. The third-order valence-corrected chi connectivity index (χ3v) is 6.63. The largest absolute Gasteiger partial charge is 0.395 e. The highest BCUT2D eigenvalue weighted by atomic mass is 32.1. The number of amides is 3. The zero-order valence-electron chi connectivity index (χ0n) is 20.7. The van der Waals surface area contributed by atoms with Gasteiger partial charge in [-0.1, -0.05) is 37.0 Å². The summed E-state index contributed by atoms with van der Waals surface area (Å²) in [5, 5.41) is 5.90. The Labute approximate surface area is 205 Å². The molecule has 8 nitrogen and oxygen atoms in total. The number of benzene rings is 1. The van der Waals surface area contributed by atoms with Gasteiger partial charge in [0.05, 0.1) is 5.69 Å². The highest BCUT2D eigenvalue weighted by Crippen LogP contribution is 2.29. The molecular weight excluding hydrogens is 450 g/mol. The molecule has 9 heteroatoms. The van der Waals surface area contributed by atoms with Crippen molar-refractivity contribution in [2.24, 2.45) is 0 Å². The molecular formula is C25H35N5O3S. The molecule has 0 unspecified atom stereocenters. The summed E-state index contributed by atoms with van der Waals surface area (Å²) in [4.78, 5) is 40.8. The number of carbonyl (C=O) groups excluding carboxylic acids is 3. The van der Waals surface area contributed by atoms with Crippen LogP contribution in [0, 0.1) is 13.8 Å². The summed E-state index contributed by atoms with van der Waals surface area (Å²) in [5.74, 6) is -1.11. The van der Waals surface area contributed by atoms with Gasteiger partial charge in [-0.3, -0.25) is 19.3 Å². The van der Waals surface area contributed by atoms with Crippen molar-refractivity contribution < 1.29 is 14.4 Å². The third kappa shape index (κ3) is 6.34. The average molecular weight is 486 g/mol. The Hall–Kier alpha value is -2.94. The Morgan fingerprint density at radius 2 is 1.82 bits per heavy atom. The van der Waals surface area contributed by atoms with Crippen LogP contribution in [0.25, 0.3) is 0 Å². The highest BCUT2D eigenvalue weighted by molar-refractivity contribution is 7.09. The van der Waals surface area contributed by atoms with E-state index in [0.29, 0.717) is 5.69 Å². The molecule has 0 bridgehead atoms. The molecule has 1 aromatic carbocycles. The second-order valence-electron chi connectivity index (χ2n) is 10.1. The van der Waals surface area contributed by atoms with Crippen molar-refractivity contribution in [2.45, 2.75) is 78.3 Å². The lowest BCUT2D eigenvalue weighted by Gasteiger charge is -2.27. The lowest BCUT2D eigenvalue weighted by atomic mass is 9.95. The normalized spacial score (nSPS) is 14.5. The summed E-state index contributed by atoms with van der Waals surface area (Å²) in [5.41, 5.74) is 8.45. The van der Waals surface area contributed by atoms with Gasteiger partial charge in [0, 0.05) is 17.3 Å². The fourth-order valence-electron chi connectivity index (χ4n) is 4.21. The standard InChI is InChI=1S/C25H35N5O3S/c1-15-11-12-18(16(2)13-15)30(14-19(31)28-25(3,4)5)24(33)22-20(26)21(29-34-22)23(32)27-17-9-7-6-8-10-17/h11-13,17H,6-10,14,26H2,1-5H3,(H,27,32)(H,28,31). The minimum atomic E-state index is -0.456. The van der Waals surface area contributed by atoms with Gasteiger partial charge in [-0.05, 0) is 70.6 Å². The van der Waals surface area contributed by atoms with Crippen molar-refractivity contribution in [3.8, 4) is 0 Å². The number of hydrogen-bond donors (Lipinski definition) is 3. The van der Waals surface area contributed by atoms with Crippen LogP contribution in [-0.2, 0) is 4.79 Å². The van der Waals surface area contributed by atoms with E-state index in [1.807, 2.05) is 52.8 Å². The number of rotatable bonds is 6. The van der Waals surface area contributed by atoms with E-state index in [0.717, 1.165) is 48.3 Å². The van der Waals surface area contributed by atoms with Crippen LogP contribution in [0.4, 0.5) is 11.4 Å².